The second-order valence-electron chi connectivity index (χ2n) is 8.27. The number of rotatable bonds is 5. The van der Waals surface area contributed by atoms with E-state index in [2.05, 4.69) is 4.98 Å². The number of carbonyl (C=O) groups is 1. The molecule has 0 atom stereocenters. The van der Waals surface area contributed by atoms with E-state index in [0.717, 1.165) is 24.1 Å². The van der Waals surface area contributed by atoms with Crippen LogP contribution in [0.3, 0.4) is 0 Å². The molecular formula is C24H28N4O3. The van der Waals surface area contributed by atoms with Crippen LogP contribution in [-0.2, 0) is 6.54 Å². The highest BCUT2D eigenvalue weighted by Gasteiger charge is 2.24. The Labute approximate surface area is 181 Å². The Kier molecular flexibility index (Phi) is 5.93. The maximum Gasteiger partial charge on any atom is 0.261 e. The number of piperidine rings is 1. The monoisotopic (exact) mass is 420 g/mol. The number of hydrogen-bond acceptors (Lipinski definition) is 5. The van der Waals surface area contributed by atoms with Crippen molar-refractivity contribution >= 4 is 22.5 Å². The van der Waals surface area contributed by atoms with E-state index in [1.165, 1.54) is 0 Å². The molecule has 3 aromatic rings. The van der Waals surface area contributed by atoms with Crippen LogP contribution in [-0.4, -0.2) is 54.7 Å². The van der Waals surface area contributed by atoms with Gasteiger partial charge in [-0.3, -0.25) is 14.2 Å². The van der Waals surface area contributed by atoms with Gasteiger partial charge in [-0.25, -0.2) is 4.98 Å². The summed E-state index contributed by atoms with van der Waals surface area (Å²) < 4.78 is 6.90. The third-order valence-electron chi connectivity index (χ3n) is 6.00. The van der Waals surface area contributed by atoms with Crippen LogP contribution in [0, 0.1) is 5.92 Å². The van der Waals surface area contributed by atoms with Gasteiger partial charge in [0, 0.05) is 51.0 Å². The molecular weight excluding hydrogens is 392 g/mol. The van der Waals surface area contributed by atoms with Crippen LogP contribution in [0.1, 0.15) is 23.2 Å². The second-order valence-corrected chi connectivity index (χ2v) is 8.27. The van der Waals surface area contributed by atoms with Gasteiger partial charge in [0.1, 0.15) is 5.75 Å². The molecule has 31 heavy (non-hydrogen) atoms. The molecule has 1 amide bonds. The molecule has 0 saturated carbocycles. The highest BCUT2D eigenvalue weighted by molar-refractivity contribution is 5.95. The molecule has 2 heterocycles. The minimum atomic E-state index is -0.0355. The first-order valence-electron chi connectivity index (χ1n) is 10.6. The van der Waals surface area contributed by atoms with E-state index in [1.54, 1.807) is 36.2 Å². The first-order chi connectivity index (χ1) is 15.0. The van der Waals surface area contributed by atoms with Crippen LogP contribution in [0.2, 0.25) is 0 Å². The third-order valence-corrected chi connectivity index (χ3v) is 6.00. The molecule has 4 rings (SSSR count). The SMILES string of the molecule is COc1ccc2c(=O)n(CC3CCN(C(=O)c4cccc(N(C)C)c4)CC3)cnc2c1. The Bertz CT molecular complexity index is 1150. The van der Waals surface area contributed by atoms with Crippen molar-refractivity contribution in [3.05, 3.63) is 64.7 Å². The molecule has 1 fully saturated rings. The Morgan fingerprint density at radius 1 is 1.16 bits per heavy atom. The molecule has 7 nitrogen and oxygen atoms in total. The van der Waals surface area contributed by atoms with Crippen LogP contribution >= 0.6 is 0 Å². The molecule has 7 heteroatoms. The van der Waals surface area contributed by atoms with Gasteiger partial charge in [-0.1, -0.05) is 6.07 Å². The molecule has 0 unspecified atom stereocenters. The smallest absolute Gasteiger partial charge is 0.261 e. The number of likely N-dealkylation sites (tertiary alicyclic amines) is 1. The van der Waals surface area contributed by atoms with Crippen molar-refractivity contribution in [1.82, 2.24) is 14.5 Å². The van der Waals surface area contributed by atoms with Crippen LogP contribution in [0.25, 0.3) is 10.9 Å². The summed E-state index contributed by atoms with van der Waals surface area (Å²) >= 11 is 0. The lowest BCUT2D eigenvalue weighted by atomic mass is 9.96. The summed E-state index contributed by atoms with van der Waals surface area (Å²) in [6, 6.07) is 13.0. The zero-order valence-corrected chi connectivity index (χ0v) is 18.2. The van der Waals surface area contributed by atoms with Crippen LogP contribution in [0.15, 0.2) is 53.6 Å². The molecule has 1 aliphatic rings. The molecule has 0 bridgehead atoms. The predicted molar refractivity (Wildman–Crippen MR) is 122 cm³/mol. The van der Waals surface area contributed by atoms with Crippen molar-refractivity contribution in [3.63, 3.8) is 0 Å². The highest BCUT2D eigenvalue weighted by atomic mass is 16.5. The second kappa shape index (κ2) is 8.79. The van der Waals surface area contributed by atoms with Gasteiger partial charge in [-0.05, 0) is 49.1 Å². The number of ether oxygens (including phenoxy) is 1. The Morgan fingerprint density at radius 2 is 1.94 bits per heavy atom. The summed E-state index contributed by atoms with van der Waals surface area (Å²) in [5.41, 5.74) is 2.34. The maximum absolute atomic E-state index is 12.9. The summed E-state index contributed by atoms with van der Waals surface area (Å²) in [4.78, 5) is 34.1. The number of hydrogen-bond donors (Lipinski definition) is 0. The highest BCUT2D eigenvalue weighted by Crippen LogP contribution is 2.22. The lowest BCUT2D eigenvalue weighted by Gasteiger charge is -2.32. The molecule has 0 N–H and O–H groups in total. The van der Waals surface area contributed by atoms with E-state index >= 15 is 0 Å². The van der Waals surface area contributed by atoms with E-state index in [1.807, 2.05) is 48.2 Å². The van der Waals surface area contributed by atoms with Crippen molar-refractivity contribution in [2.45, 2.75) is 19.4 Å². The average molecular weight is 421 g/mol. The molecule has 2 aromatic carbocycles. The summed E-state index contributed by atoms with van der Waals surface area (Å²) in [6.07, 6.45) is 3.35. The first kappa shape index (κ1) is 20.9. The predicted octanol–water partition coefficient (Wildman–Crippen LogP) is 3.02. The number of anilines is 1. The fourth-order valence-corrected chi connectivity index (χ4v) is 4.09. The molecule has 1 saturated heterocycles. The molecule has 1 aromatic heterocycles. The van der Waals surface area contributed by atoms with Crippen molar-refractivity contribution in [2.75, 3.05) is 39.2 Å². The van der Waals surface area contributed by atoms with Gasteiger partial charge in [0.25, 0.3) is 11.5 Å². The zero-order valence-electron chi connectivity index (χ0n) is 18.2. The zero-order chi connectivity index (χ0) is 22.0. The fraction of sp³-hybridized carbons (Fsp3) is 0.375. The molecule has 1 aliphatic heterocycles. The number of amides is 1. The largest absolute Gasteiger partial charge is 0.497 e. The molecule has 0 spiro atoms. The van der Waals surface area contributed by atoms with Crippen LogP contribution in [0.4, 0.5) is 5.69 Å². The standard InChI is InChI=1S/C24H28N4O3/c1-26(2)19-6-4-5-18(13-19)23(29)27-11-9-17(10-12-27)15-28-16-25-22-14-20(31-3)7-8-21(22)24(28)30/h4-8,13-14,16-17H,9-12,15H2,1-3H3. The lowest BCUT2D eigenvalue weighted by molar-refractivity contribution is 0.0682. The quantitative estimate of drug-likeness (QED) is 0.635. The van der Waals surface area contributed by atoms with Gasteiger partial charge in [0.05, 0.1) is 24.3 Å². The van der Waals surface area contributed by atoms with Crippen molar-refractivity contribution in [2.24, 2.45) is 5.92 Å². The van der Waals surface area contributed by atoms with E-state index in [-0.39, 0.29) is 11.5 Å². The summed E-state index contributed by atoms with van der Waals surface area (Å²) in [5.74, 6) is 1.10. The molecule has 0 radical (unpaired) electrons. The average Bonchev–Trinajstić information content (AvgIpc) is 2.80. The van der Waals surface area contributed by atoms with E-state index < -0.39 is 0 Å². The van der Waals surface area contributed by atoms with E-state index in [0.29, 0.717) is 42.2 Å². The van der Waals surface area contributed by atoms with Crippen molar-refractivity contribution in [3.8, 4) is 5.75 Å². The Hall–Kier alpha value is -3.35. The summed E-state index contributed by atoms with van der Waals surface area (Å²) in [5, 5.41) is 0.594. The Morgan fingerprint density at radius 3 is 2.65 bits per heavy atom. The van der Waals surface area contributed by atoms with E-state index in [4.69, 9.17) is 4.74 Å². The topological polar surface area (TPSA) is 67.7 Å². The summed E-state index contributed by atoms with van der Waals surface area (Å²) in [7, 11) is 5.53. The number of carbonyl (C=O) groups excluding carboxylic acids is 1. The lowest BCUT2D eigenvalue weighted by Crippen LogP contribution is -2.40. The van der Waals surface area contributed by atoms with Gasteiger partial charge in [-0.2, -0.15) is 0 Å². The molecule has 0 aliphatic carbocycles. The number of benzene rings is 2. The van der Waals surface area contributed by atoms with Crippen LogP contribution in [0.5, 0.6) is 5.75 Å². The van der Waals surface area contributed by atoms with Gasteiger partial charge in [-0.15, -0.1) is 0 Å². The minimum absolute atomic E-state index is 0.0355. The number of nitrogens with zero attached hydrogens (tertiary/aromatic N) is 4. The third kappa shape index (κ3) is 4.40. The molecule has 162 valence electrons. The van der Waals surface area contributed by atoms with E-state index in [9.17, 15) is 9.59 Å². The summed E-state index contributed by atoms with van der Waals surface area (Å²) in [6.45, 7) is 2.01. The van der Waals surface area contributed by atoms with Gasteiger partial charge < -0.3 is 14.5 Å². The van der Waals surface area contributed by atoms with Gasteiger partial charge in [0.2, 0.25) is 0 Å². The van der Waals surface area contributed by atoms with Gasteiger partial charge >= 0.3 is 0 Å². The number of fused-ring (bicyclic) bond motifs is 1. The number of aromatic nitrogens is 2. The maximum atomic E-state index is 12.9. The first-order valence-corrected chi connectivity index (χ1v) is 10.6. The van der Waals surface area contributed by atoms with Crippen LogP contribution < -0.4 is 15.2 Å². The Balaban J connectivity index is 1.41. The normalized spacial score (nSPS) is 14.6. The number of methoxy groups -OCH3 is 1. The fourth-order valence-electron chi connectivity index (χ4n) is 4.09. The van der Waals surface area contributed by atoms with Crippen molar-refractivity contribution in [1.29, 1.82) is 0 Å². The van der Waals surface area contributed by atoms with Crippen molar-refractivity contribution < 1.29 is 9.53 Å². The minimum Gasteiger partial charge on any atom is -0.497 e. The van der Waals surface area contributed by atoms with Gasteiger partial charge in [0.15, 0.2) is 0 Å².